The van der Waals surface area contributed by atoms with Crippen LogP contribution in [0.5, 0.6) is 0 Å². The first-order valence-electron chi connectivity index (χ1n) is 5.77. The lowest BCUT2D eigenvalue weighted by Crippen LogP contribution is -2.46. The molecular weight excluding hydrogens is 285 g/mol. The zero-order chi connectivity index (χ0) is 12.5. The quantitative estimate of drug-likeness (QED) is 0.932. The largest absolute Gasteiger partial charge is 0.319 e. The number of nitrogens with two attached hydrogens (primary N) is 1. The molecule has 0 saturated heterocycles. The maximum atomic E-state index is 13.2. The summed E-state index contributed by atoms with van der Waals surface area (Å²) in [4.78, 5) is 12.1. The van der Waals surface area contributed by atoms with Crippen molar-refractivity contribution in [1.29, 1.82) is 0 Å². The summed E-state index contributed by atoms with van der Waals surface area (Å²) in [5.74, 6) is -0.313. The van der Waals surface area contributed by atoms with Gasteiger partial charge in [0.15, 0.2) is 5.78 Å². The Kier molecular flexibility index (Phi) is 3.64. The average molecular weight is 300 g/mol. The van der Waals surface area contributed by atoms with Crippen LogP contribution in [-0.2, 0) is 11.2 Å². The fourth-order valence-corrected chi connectivity index (χ4v) is 2.87. The molecule has 1 saturated carbocycles. The van der Waals surface area contributed by atoms with E-state index in [1.807, 2.05) is 0 Å². The van der Waals surface area contributed by atoms with Crippen molar-refractivity contribution in [3.63, 3.8) is 0 Å². The third kappa shape index (κ3) is 2.93. The molecule has 1 aliphatic rings. The van der Waals surface area contributed by atoms with Crippen molar-refractivity contribution in [2.45, 2.75) is 37.6 Å². The zero-order valence-electron chi connectivity index (χ0n) is 9.51. The third-order valence-corrected chi connectivity index (χ3v) is 3.80. The molecule has 0 unspecified atom stereocenters. The Morgan fingerprint density at radius 1 is 1.35 bits per heavy atom. The number of hydrogen-bond acceptors (Lipinski definition) is 2. The van der Waals surface area contributed by atoms with Gasteiger partial charge < -0.3 is 5.73 Å². The second-order valence-electron chi connectivity index (χ2n) is 4.74. The Morgan fingerprint density at radius 2 is 2.00 bits per heavy atom. The van der Waals surface area contributed by atoms with Crippen molar-refractivity contribution in [2.75, 3.05) is 0 Å². The summed E-state index contributed by atoms with van der Waals surface area (Å²) in [6, 6.07) is 4.53. The Bertz CT molecular complexity index is 421. The van der Waals surface area contributed by atoms with Crippen molar-refractivity contribution in [3.8, 4) is 0 Å². The van der Waals surface area contributed by atoms with Gasteiger partial charge in [0, 0.05) is 10.9 Å². The van der Waals surface area contributed by atoms with Gasteiger partial charge in [-0.2, -0.15) is 0 Å². The summed E-state index contributed by atoms with van der Waals surface area (Å²) in [5, 5.41) is 0. The van der Waals surface area contributed by atoms with Gasteiger partial charge in [-0.1, -0.05) is 28.8 Å². The first kappa shape index (κ1) is 12.7. The van der Waals surface area contributed by atoms with Crippen LogP contribution in [0.15, 0.2) is 22.7 Å². The lowest BCUT2D eigenvalue weighted by atomic mass is 9.89. The molecule has 1 aromatic carbocycles. The fraction of sp³-hybridized carbons (Fsp3) is 0.462. The Balaban J connectivity index is 2.12. The van der Waals surface area contributed by atoms with E-state index in [-0.39, 0.29) is 18.0 Å². The van der Waals surface area contributed by atoms with E-state index >= 15 is 0 Å². The summed E-state index contributed by atoms with van der Waals surface area (Å²) in [5.41, 5.74) is 6.07. The van der Waals surface area contributed by atoms with E-state index in [0.29, 0.717) is 10.0 Å². The zero-order valence-corrected chi connectivity index (χ0v) is 11.1. The fourth-order valence-electron chi connectivity index (χ4n) is 2.36. The van der Waals surface area contributed by atoms with E-state index in [1.54, 1.807) is 6.07 Å². The first-order valence-corrected chi connectivity index (χ1v) is 6.56. The van der Waals surface area contributed by atoms with Gasteiger partial charge in [0.1, 0.15) is 5.82 Å². The van der Waals surface area contributed by atoms with Crippen molar-refractivity contribution < 1.29 is 9.18 Å². The number of carbonyl (C=O) groups excluding carboxylic acids is 1. The average Bonchev–Trinajstić information content (AvgIpc) is 2.64. The van der Waals surface area contributed by atoms with E-state index in [0.717, 1.165) is 25.7 Å². The molecule has 1 fully saturated rings. The number of Topliss-reactive ketones (excluding diaryl/α,β-unsaturated/α-hetero) is 1. The highest BCUT2D eigenvalue weighted by Crippen LogP contribution is 2.29. The van der Waals surface area contributed by atoms with Crippen LogP contribution < -0.4 is 5.73 Å². The van der Waals surface area contributed by atoms with Crippen LogP contribution in [0.3, 0.4) is 0 Å². The maximum Gasteiger partial charge on any atom is 0.156 e. The molecule has 0 aliphatic heterocycles. The summed E-state index contributed by atoms with van der Waals surface area (Å²) < 4.78 is 13.8. The molecule has 0 atom stereocenters. The number of benzene rings is 1. The molecule has 17 heavy (non-hydrogen) atoms. The number of halogens is 2. The van der Waals surface area contributed by atoms with Gasteiger partial charge in [-0.15, -0.1) is 0 Å². The minimum absolute atomic E-state index is 0.0208. The van der Waals surface area contributed by atoms with Gasteiger partial charge >= 0.3 is 0 Å². The Morgan fingerprint density at radius 3 is 2.59 bits per heavy atom. The highest BCUT2D eigenvalue weighted by molar-refractivity contribution is 9.10. The molecule has 0 spiro atoms. The molecular formula is C13H15BrFNO. The Labute approximate surface area is 109 Å². The van der Waals surface area contributed by atoms with Crippen molar-refractivity contribution in [3.05, 3.63) is 34.1 Å². The SMILES string of the molecule is NC1(C(=O)Cc2cc(F)cc(Br)c2)CCCC1. The van der Waals surface area contributed by atoms with Gasteiger partial charge in [0.25, 0.3) is 0 Å². The Hall–Kier alpha value is -0.740. The van der Waals surface area contributed by atoms with Gasteiger partial charge in [0.2, 0.25) is 0 Å². The summed E-state index contributed by atoms with van der Waals surface area (Å²) in [6.45, 7) is 0. The summed E-state index contributed by atoms with van der Waals surface area (Å²) in [6.07, 6.45) is 3.74. The predicted octanol–water partition coefficient (Wildman–Crippen LogP) is 2.97. The lowest BCUT2D eigenvalue weighted by Gasteiger charge is -2.21. The van der Waals surface area contributed by atoms with E-state index < -0.39 is 5.54 Å². The number of hydrogen-bond donors (Lipinski definition) is 1. The third-order valence-electron chi connectivity index (χ3n) is 3.34. The monoisotopic (exact) mass is 299 g/mol. The molecule has 4 heteroatoms. The van der Waals surface area contributed by atoms with Crippen molar-refractivity contribution >= 4 is 21.7 Å². The van der Waals surface area contributed by atoms with Crippen molar-refractivity contribution in [2.24, 2.45) is 5.73 Å². The molecule has 0 amide bonds. The van der Waals surface area contributed by atoms with Crippen LogP contribution in [0.1, 0.15) is 31.2 Å². The maximum absolute atomic E-state index is 13.2. The lowest BCUT2D eigenvalue weighted by molar-refractivity contribution is -0.123. The van der Waals surface area contributed by atoms with E-state index in [2.05, 4.69) is 15.9 Å². The highest BCUT2D eigenvalue weighted by atomic mass is 79.9. The topological polar surface area (TPSA) is 43.1 Å². The molecule has 1 aliphatic carbocycles. The summed E-state index contributed by atoms with van der Waals surface area (Å²) in [7, 11) is 0. The number of carbonyl (C=O) groups is 1. The molecule has 0 aromatic heterocycles. The molecule has 2 nitrogen and oxygen atoms in total. The van der Waals surface area contributed by atoms with Gasteiger partial charge in [0.05, 0.1) is 5.54 Å². The summed E-state index contributed by atoms with van der Waals surface area (Å²) >= 11 is 3.22. The van der Waals surface area contributed by atoms with E-state index in [9.17, 15) is 9.18 Å². The van der Waals surface area contributed by atoms with Crippen LogP contribution in [0, 0.1) is 5.82 Å². The minimum atomic E-state index is -0.682. The van der Waals surface area contributed by atoms with Gasteiger partial charge in [-0.3, -0.25) is 4.79 Å². The van der Waals surface area contributed by atoms with Crippen LogP contribution >= 0.6 is 15.9 Å². The molecule has 1 aromatic rings. The van der Waals surface area contributed by atoms with E-state index in [4.69, 9.17) is 5.73 Å². The standard InChI is InChI=1S/C13H15BrFNO/c14-10-5-9(6-11(15)8-10)7-12(17)13(16)3-1-2-4-13/h5-6,8H,1-4,7,16H2. The number of rotatable bonds is 3. The molecule has 0 radical (unpaired) electrons. The molecule has 0 bridgehead atoms. The van der Waals surface area contributed by atoms with Gasteiger partial charge in [-0.25, -0.2) is 4.39 Å². The normalized spacial score (nSPS) is 18.3. The van der Waals surface area contributed by atoms with Crippen molar-refractivity contribution in [1.82, 2.24) is 0 Å². The van der Waals surface area contributed by atoms with Crippen LogP contribution in [-0.4, -0.2) is 11.3 Å². The smallest absolute Gasteiger partial charge is 0.156 e. The van der Waals surface area contributed by atoms with Crippen LogP contribution in [0.4, 0.5) is 4.39 Å². The van der Waals surface area contributed by atoms with E-state index in [1.165, 1.54) is 12.1 Å². The first-order chi connectivity index (χ1) is 7.99. The second kappa shape index (κ2) is 4.86. The van der Waals surface area contributed by atoms with Gasteiger partial charge in [-0.05, 0) is 36.6 Å². The highest BCUT2D eigenvalue weighted by Gasteiger charge is 2.36. The molecule has 92 valence electrons. The predicted molar refractivity (Wildman–Crippen MR) is 68.2 cm³/mol. The van der Waals surface area contributed by atoms with Crippen LogP contribution in [0.25, 0.3) is 0 Å². The minimum Gasteiger partial charge on any atom is -0.319 e. The second-order valence-corrected chi connectivity index (χ2v) is 5.66. The molecule has 2 N–H and O–H groups in total. The number of ketones is 1. The molecule has 0 heterocycles. The molecule has 2 rings (SSSR count). The van der Waals surface area contributed by atoms with Crippen LogP contribution in [0.2, 0.25) is 0 Å².